The number of amidine groups is 1. The van der Waals surface area contributed by atoms with Crippen molar-refractivity contribution in [3.05, 3.63) is 48.2 Å². The van der Waals surface area contributed by atoms with Gasteiger partial charge in [0.25, 0.3) is 0 Å². The Bertz CT molecular complexity index is 622. The quantitative estimate of drug-likeness (QED) is 0.892. The molecule has 2 aromatic rings. The lowest BCUT2D eigenvalue weighted by Gasteiger charge is -2.11. The summed E-state index contributed by atoms with van der Waals surface area (Å²) in [6, 6.07) is 11.7. The zero-order chi connectivity index (χ0) is 13.8. The van der Waals surface area contributed by atoms with Crippen LogP contribution in [-0.4, -0.2) is 31.0 Å². The van der Waals surface area contributed by atoms with E-state index in [1.807, 2.05) is 36.4 Å². The highest BCUT2D eigenvalue weighted by atomic mass is 16.5. The predicted octanol–water partition coefficient (Wildman–Crippen LogP) is 2.18. The molecule has 2 N–H and O–H groups in total. The number of benzene rings is 1. The summed E-state index contributed by atoms with van der Waals surface area (Å²) >= 11 is 0. The van der Waals surface area contributed by atoms with Gasteiger partial charge in [-0.2, -0.15) is 0 Å². The number of hydrogen-bond donors (Lipinski definition) is 2. The molecule has 5 nitrogen and oxygen atoms in total. The molecule has 0 atom stereocenters. The first kappa shape index (κ1) is 12.5. The Hall–Kier alpha value is -2.56. The van der Waals surface area contributed by atoms with Gasteiger partial charge in [-0.25, -0.2) is 4.98 Å². The van der Waals surface area contributed by atoms with Crippen LogP contribution in [0.25, 0.3) is 0 Å². The summed E-state index contributed by atoms with van der Waals surface area (Å²) in [5.74, 6) is 2.53. The minimum Gasteiger partial charge on any atom is -0.497 e. The Balaban J connectivity index is 1.86. The van der Waals surface area contributed by atoms with Crippen LogP contribution in [0, 0.1) is 0 Å². The number of methoxy groups -OCH3 is 1. The minimum absolute atomic E-state index is 0.797. The van der Waals surface area contributed by atoms with Crippen molar-refractivity contribution in [1.29, 1.82) is 0 Å². The maximum absolute atomic E-state index is 5.15. The van der Waals surface area contributed by atoms with Crippen molar-refractivity contribution >= 4 is 17.3 Å². The number of ether oxygens (including phenoxy) is 1. The number of aliphatic imine (C=N–C) groups is 1. The van der Waals surface area contributed by atoms with E-state index >= 15 is 0 Å². The van der Waals surface area contributed by atoms with Gasteiger partial charge in [-0.15, -0.1) is 0 Å². The summed E-state index contributed by atoms with van der Waals surface area (Å²) in [4.78, 5) is 8.84. The standard InChI is InChI=1S/C15H16N4O/c1-20-12-6-4-11(5-7-12)19-15-13(3-2-8-16-15)14-17-9-10-18-14/h2-8H,9-10H2,1H3,(H,16,19)(H,17,18). The Labute approximate surface area is 117 Å². The van der Waals surface area contributed by atoms with E-state index in [1.165, 1.54) is 0 Å². The number of hydrogen-bond acceptors (Lipinski definition) is 5. The molecule has 1 aromatic heterocycles. The molecule has 3 rings (SSSR count). The summed E-state index contributed by atoms with van der Waals surface area (Å²) in [7, 11) is 1.66. The van der Waals surface area contributed by atoms with Crippen LogP contribution in [0.4, 0.5) is 11.5 Å². The van der Waals surface area contributed by atoms with E-state index in [2.05, 4.69) is 20.6 Å². The Morgan fingerprint density at radius 3 is 2.75 bits per heavy atom. The summed E-state index contributed by atoms with van der Waals surface area (Å²) in [6.07, 6.45) is 1.77. The number of aromatic nitrogens is 1. The first-order chi connectivity index (χ1) is 9.86. The van der Waals surface area contributed by atoms with Crippen molar-refractivity contribution in [1.82, 2.24) is 10.3 Å². The molecule has 0 radical (unpaired) electrons. The summed E-state index contributed by atoms with van der Waals surface area (Å²) in [6.45, 7) is 1.69. The van der Waals surface area contributed by atoms with Gasteiger partial charge in [0.2, 0.25) is 0 Å². The molecule has 102 valence electrons. The van der Waals surface area contributed by atoms with Gasteiger partial charge in [-0.05, 0) is 36.4 Å². The van der Waals surface area contributed by atoms with Crippen molar-refractivity contribution in [2.75, 3.05) is 25.5 Å². The molecule has 5 heteroatoms. The molecule has 0 unspecified atom stereocenters. The lowest BCUT2D eigenvalue weighted by atomic mass is 10.2. The van der Waals surface area contributed by atoms with Gasteiger partial charge in [-0.1, -0.05) is 0 Å². The molecular weight excluding hydrogens is 252 g/mol. The second kappa shape index (κ2) is 5.61. The second-order valence-corrected chi connectivity index (χ2v) is 4.41. The third-order valence-corrected chi connectivity index (χ3v) is 3.09. The van der Waals surface area contributed by atoms with E-state index in [4.69, 9.17) is 4.74 Å². The number of nitrogens with zero attached hydrogens (tertiary/aromatic N) is 2. The largest absolute Gasteiger partial charge is 0.497 e. The topological polar surface area (TPSA) is 58.5 Å². The average Bonchev–Trinajstić information content (AvgIpc) is 3.03. The highest BCUT2D eigenvalue weighted by Gasteiger charge is 2.13. The molecule has 0 aliphatic carbocycles. The van der Waals surface area contributed by atoms with Crippen molar-refractivity contribution < 1.29 is 4.74 Å². The molecule has 0 spiro atoms. The van der Waals surface area contributed by atoms with Crippen LogP contribution in [-0.2, 0) is 0 Å². The van der Waals surface area contributed by atoms with Crippen LogP contribution in [0.15, 0.2) is 47.6 Å². The summed E-state index contributed by atoms with van der Waals surface area (Å²) < 4.78 is 5.15. The zero-order valence-corrected chi connectivity index (χ0v) is 11.3. The number of nitrogens with one attached hydrogen (secondary N) is 2. The van der Waals surface area contributed by atoms with Crippen LogP contribution < -0.4 is 15.4 Å². The van der Waals surface area contributed by atoms with E-state index in [-0.39, 0.29) is 0 Å². The molecule has 0 amide bonds. The Morgan fingerprint density at radius 2 is 2.05 bits per heavy atom. The van der Waals surface area contributed by atoms with Crippen LogP contribution in [0.5, 0.6) is 5.75 Å². The van der Waals surface area contributed by atoms with Gasteiger partial charge in [0.15, 0.2) is 0 Å². The zero-order valence-electron chi connectivity index (χ0n) is 11.3. The molecule has 1 aliphatic heterocycles. The fourth-order valence-corrected chi connectivity index (χ4v) is 2.09. The monoisotopic (exact) mass is 268 g/mol. The summed E-state index contributed by atoms with van der Waals surface area (Å²) in [5, 5.41) is 6.58. The van der Waals surface area contributed by atoms with E-state index in [9.17, 15) is 0 Å². The Kier molecular flexibility index (Phi) is 3.50. The molecule has 0 fully saturated rings. The number of anilines is 2. The smallest absolute Gasteiger partial charge is 0.141 e. The van der Waals surface area contributed by atoms with Crippen molar-refractivity contribution in [3.8, 4) is 5.75 Å². The van der Waals surface area contributed by atoms with Crippen LogP contribution >= 0.6 is 0 Å². The maximum atomic E-state index is 5.15. The summed E-state index contributed by atoms with van der Waals surface area (Å²) in [5.41, 5.74) is 1.95. The molecule has 1 aromatic carbocycles. The first-order valence-electron chi connectivity index (χ1n) is 6.51. The van der Waals surface area contributed by atoms with Gasteiger partial charge in [-0.3, -0.25) is 4.99 Å². The first-order valence-corrected chi connectivity index (χ1v) is 6.51. The van der Waals surface area contributed by atoms with E-state index in [0.717, 1.165) is 41.7 Å². The van der Waals surface area contributed by atoms with E-state index in [1.54, 1.807) is 13.3 Å². The van der Waals surface area contributed by atoms with Crippen molar-refractivity contribution in [2.45, 2.75) is 0 Å². The molecule has 1 aliphatic rings. The van der Waals surface area contributed by atoms with Gasteiger partial charge >= 0.3 is 0 Å². The lowest BCUT2D eigenvalue weighted by molar-refractivity contribution is 0.415. The van der Waals surface area contributed by atoms with E-state index in [0.29, 0.717) is 0 Å². The maximum Gasteiger partial charge on any atom is 0.141 e. The number of pyridine rings is 1. The average molecular weight is 268 g/mol. The Morgan fingerprint density at radius 1 is 1.20 bits per heavy atom. The molecular formula is C15H16N4O. The minimum atomic E-state index is 0.797. The molecule has 0 saturated carbocycles. The van der Waals surface area contributed by atoms with Gasteiger partial charge in [0, 0.05) is 18.4 Å². The normalized spacial score (nSPS) is 13.6. The van der Waals surface area contributed by atoms with Crippen LogP contribution in [0.1, 0.15) is 5.56 Å². The molecule has 0 saturated heterocycles. The predicted molar refractivity (Wildman–Crippen MR) is 79.9 cm³/mol. The third kappa shape index (κ3) is 2.56. The van der Waals surface area contributed by atoms with Gasteiger partial charge in [0.05, 0.1) is 19.2 Å². The second-order valence-electron chi connectivity index (χ2n) is 4.41. The molecule has 20 heavy (non-hydrogen) atoms. The fraction of sp³-hybridized carbons (Fsp3) is 0.200. The fourth-order valence-electron chi connectivity index (χ4n) is 2.09. The number of rotatable bonds is 4. The molecule has 2 heterocycles. The van der Waals surface area contributed by atoms with Gasteiger partial charge in [0.1, 0.15) is 17.4 Å². The van der Waals surface area contributed by atoms with Gasteiger partial charge < -0.3 is 15.4 Å². The lowest BCUT2D eigenvalue weighted by Crippen LogP contribution is -2.20. The van der Waals surface area contributed by atoms with Crippen molar-refractivity contribution in [3.63, 3.8) is 0 Å². The third-order valence-electron chi connectivity index (χ3n) is 3.09. The molecule has 0 bridgehead atoms. The SMILES string of the molecule is COc1ccc(Nc2ncccc2C2=NCCN2)cc1. The van der Waals surface area contributed by atoms with Crippen molar-refractivity contribution in [2.24, 2.45) is 4.99 Å². The van der Waals surface area contributed by atoms with Crippen LogP contribution in [0.3, 0.4) is 0 Å². The highest BCUT2D eigenvalue weighted by molar-refractivity contribution is 6.04. The van der Waals surface area contributed by atoms with E-state index < -0.39 is 0 Å². The van der Waals surface area contributed by atoms with Crippen LogP contribution in [0.2, 0.25) is 0 Å². The highest BCUT2D eigenvalue weighted by Crippen LogP contribution is 2.21.